The molecule has 144 valence electrons. The highest BCUT2D eigenvalue weighted by Crippen LogP contribution is 2.41. The minimum absolute atomic E-state index is 0.00574. The molecule has 0 fully saturated rings. The Balaban J connectivity index is 2.40. The normalized spacial score (nSPS) is 18.3. The number of methoxy groups -OCH3 is 1. The molecule has 0 radical (unpaired) electrons. The van der Waals surface area contributed by atoms with Gasteiger partial charge in [-0.2, -0.15) is 4.39 Å². The van der Waals surface area contributed by atoms with Crippen LogP contribution >= 0.6 is 0 Å². The van der Waals surface area contributed by atoms with Crippen LogP contribution in [0.3, 0.4) is 0 Å². The molecule has 0 saturated carbocycles. The molecule has 0 bridgehead atoms. The number of ether oxygens (including phenoxy) is 2. The molecule has 1 aromatic rings. The largest absolute Gasteiger partial charge is 0.493 e. The van der Waals surface area contributed by atoms with Gasteiger partial charge in [0, 0.05) is 16.7 Å². The molecular weight excluding hydrogens is 358 g/mol. The number of benzene rings is 1. The van der Waals surface area contributed by atoms with Gasteiger partial charge in [-0.1, -0.05) is 20.8 Å². The summed E-state index contributed by atoms with van der Waals surface area (Å²) in [7, 11) is -0.808. The van der Waals surface area contributed by atoms with E-state index in [4.69, 9.17) is 13.9 Å². The van der Waals surface area contributed by atoms with E-state index in [0.717, 1.165) is 6.07 Å². The molecule has 0 amide bonds. The Morgan fingerprint density at radius 3 is 2.38 bits per heavy atom. The van der Waals surface area contributed by atoms with Gasteiger partial charge in [-0.15, -0.1) is 0 Å². The molecule has 4 nitrogen and oxygen atoms in total. The number of cyclic esters (lactones) is 1. The number of carbonyl (C=O) groups excluding carboxylic acids is 1. The molecule has 1 heterocycles. The summed E-state index contributed by atoms with van der Waals surface area (Å²) in [5, 5.41) is -0.00574. The van der Waals surface area contributed by atoms with Crippen molar-refractivity contribution in [2.45, 2.75) is 51.9 Å². The molecule has 0 aliphatic carbocycles. The van der Waals surface area contributed by atoms with Crippen LogP contribution in [0, 0.1) is 11.6 Å². The number of carbonyl (C=O) groups is 1. The average molecular weight is 384 g/mol. The lowest BCUT2D eigenvalue weighted by Gasteiger charge is -2.37. The standard InChI is InChI=1S/C19H26F2O4Si/c1-11-15(12-8-9-13(20)16(21)17(12)23-5)14(25-18(11)22)10-24-26(6,7)19(2,3)4/h8-9,14H,10H2,1-7H3. The summed E-state index contributed by atoms with van der Waals surface area (Å²) in [4.78, 5) is 12.1. The molecule has 26 heavy (non-hydrogen) atoms. The smallest absolute Gasteiger partial charge is 0.334 e. The first kappa shape index (κ1) is 20.6. The monoisotopic (exact) mass is 384 g/mol. The Morgan fingerprint density at radius 2 is 1.85 bits per heavy atom. The Hall–Kier alpha value is -1.73. The number of hydrogen-bond acceptors (Lipinski definition) is 4. The Labute approximate surface area is 154 Å². The van der Waals surface area contributed by atoms with Gasteiger partial charge >= 0.3 is 5.97 Å². The predicted molar refractivity (Wildman–Crippen MR) is 98.5 cm³/mol. The average Bonchev–Trinajstić information content (AvgIpc) is 2.82. The SMILES string of the molecule is COc1c(C2=C(C)C(=O)OC2CO[Si](C)(C)C(C)(C)C)ccc(F)c1F. The van der Waals surface area contributed by atoms with E-state index in [9.17, 15) is 13.6 Å². The third-order valence-corrected chi connectivity index (χ3v) is 9.73. The first-order valence-corrected chi connectivity index (χ1v) is 11.4. The van der Waals surface area contributed by atoms with Crippen molar-refractivity contribution in [1.82, 2.24) is 0 Å². The van der Waals surface area contributed by atoms with Crippen molar-refractivity contribution in [3.8, 4) is 5.75 Å². The van der Waals surface area contributed by atoms with E-state index in [1.165, 1.54) is 13.2 Å². The fourth-order valence-electron chi connectivity index (χ4n) is 2.56. The maximum absolute atomic E-state index is 14.1. The molecule has 1 aliphatic rings. The van der Waals surface area contributed by atoms with Gasteiger partial charge in [0.2, 0.25) is 5.82 Å². The van der Waals surface area contributed by atoms with Crippen molar-refractivity contribution < 1.29 is 27.5 Å². The minimum atomic E-state index is -2.07. The molecule has 7 heteroatoms. The molecule has 1 aliphatic heterocycles. The highest BCUT2D eigenvalue weighted by molar-refractivity contribution is 6.74. The molecule has 1 atom stereocenters. The maximum Gasteiger partial charge on any atom is 0.334 e. The van der Waals surface area contributed by atoms with Crippen LogP contribution in [0.4, 0.5) is 8.78 Å². The fourth-order valence-corrected chi connectivity index (χ4v) is 3.57. The lowest BCUT2D eigenvalue weighted by molar-refractivity contribution is -0.140. The second kappa shape index (κ2) is 7.11. The van der Waals surface area contributed by atoms with Crippen molar-refractivity contribution in [1.29, 1.82) is 0 Å². The van der Waals surface area contributed by atoms with Crippen molar-refractivity contribution >= 4 is 19.9 Å². The number of halogens is 2. The summed E-state index contributed by atoms with van der Waals surface area (Å²) in [6, 6.07) is 2.42. The van der Waals surface area contributed by atoms with Crippen LogP contribution < -0.4 is 4.74 Å². The first-order chi connectivity index (χ1) is 11.9. The summed E-state index contributed by atoms with van der Waals surface area (Å²) < 4.78 is 44.3. The lowest BCUT2D eigenvalue weighted by Crippen LogP contribution is -2.42. The van der Waals surface area contributed by atoms with Gasteiger partial charge in [-0.3, -0.25) is 0 Å². The molecule has 0 spiro atoms. The topological polar surface area (TPSA) is 44.8 Å². The minimum Gasteiger partial charge on any atom is -0.493 e. The molecule has 0 saturated heterocycles. The second-order valence-electron chi connectivity index (χ2n) is 7.95. The van der Waals surface area contributed by atoms with Gasteiger partial charge in [-0.05, 0) is 37.2 Å². The van der Waals surface area contributed by atoms with Gasteiger partial charge in [0.15, 0.2) is 26.0 Å². The zero-order chi connectivity index (χ0) is 19.9. The third-order valence-electron chi connectivity index (χ3n) is 5.23. The maximum atomic E-state index is 14.1. The zero-order valence-corrected chi connectivity index (χ0v) is 17.3. The summed E-state index contributed by atoms with van der Waals surface area (Å²) in [6.07, 6.45) is -0.685. The van der Waals surface area contributed by atoms with Gasteiger partial charge in [-0.25, -0.2) is 9.18 Å². The summed E-state index contributed by atoms with van der Waals surface area (Å²) in [5.74, 6) is -2.83. The van der Waals surface area contributed by atoms with Gasteiger partial charge < -0.3 is 13.9 Å². The van der Waals surface area contributed by atoms with Gasteiger partial charge in [0.1, 0.15) is 0 Å². The number of rotatable bonds is 5. The highest BCUT2D eigenvalue weighted by atomic mass is 28.4. The summed E-state index contributed by atoms with van der Waals surface area (Å²) in [5.41, 5.74) is 1.13. The Morgan fingerprint density at radius 1 is 1.23 bits per heavy atom. The van der Waals surface area contributed by atoms with Crippen LogP contribution in [0.5, 0.6) is 5.75 Å². The highest BCUT2D eigenvalue weighted by Gasteiger charge is 2.41. The van der Waals surface area contributed by atoms with Crippen LogP contribution in [0.15, 0.2) is 17.7 Å². The van der Waals surface area contributed by atoms with E-state index < -0.39 is 32.0 Å². The molecule has 0 N–H and O–H groups in total. The van der Waals surface area contributed by atoms with E-state index in [-0.39, 0.29) is 17.4 Å². The Kier molecular flexibility index (Phi) is 5.63. The molecule has 0 aromatic heterocycles. The molecule has 1 aromatic carbocycles. The second-order valence-corrected chi connectivity index (χ2v) is 12.8. The van der Waals surface area contributed by atoms with Gasteiger partial charge in [0.25, 0.3) is 0 Å². The van der Waals surface area contributed by atoms with Gasteiger partial charge in [0.05, 0.1) is 13.7 Å². The van der Waals surface area contributed by atoms with Crippen LogP contribution in [0.25, 0.3) is 5.57 Å². The molecular formula is C19H26F2O4Si. The van der Waals surface area contributed by atoms with E-state index in [0.29, 0.717) is 16.7 Å². The van der Waals surface area contributed by atoms with Crippen molar-refractivity contribution in [2.24, 2.45) is 0 Å². The number of esters is 1. The summed E-state index contributed by atoms with van der Waals surface area (Å²) >= 11 is 0. The van der Waals surface area contributed by atoms with E-state index in [2.05, 4.69) is 33.9 Å². The van der Waals surface area contributed by atoms with Crippen molar-refractivity contribution in [3.63, 3.8) is 0 Å². The number of hydrogen-bond donors (Lipinski definition) is 0. The lowest BCUT2D eigenvalue weighted by atomic mass is 9.96. The fraction of sp³-hybridized carbons (Fsp3) is 0.526. The zero-order valence-electron chi connectivity index (χ0n) is 16.3. The van der Waals surface area contributed by atoms with Crippen LogP contribution in [0.1, 0.15) is 33.3 Å². The van der Waals surface area contributed by atoms with Crippen LogP contribution in [-0.2, 0) is 14.0 Å². The Bertz CT molecular complexity index is 751. The summed E-state index contributed by atoms with van der Waals surface area (Å²) in [6.45, 7) is 12.3. The molecule has 2 rings (SSSR count). The quantitative estimate of drug-likeness (QED) is 0.545. The van der Waals surface area contributed by atoms with E-state index in [1.807, 2.05) is 0 Å². The predicted octanol–water partition coefficient (Wildman–Crippen LogP) is 4.69. The molecule has 1 unspecified atom stereocenters. The first-order valence-electron chi connectivity index (χ1n) is 8.48. The van der Waals surface area contributed by atoms with E-state index >= 15 is 0 Å². The van der Waals surface area contributed by atoms with Crippen LogP contribution in [0.2, 0.25) is 18.1 Å². The van der Waals surface area contributed by atoms with Crippen molar-refractivity contribution in [2.75, 3.05) is 13.7 Å². The van der Waals surface area contributed by atoms with Crippen LogP contribution in [-0.4, -0.2) is 34.1 Å². The third kappa shape index (κ3) is 3.69. The van der Waals surface area contributed by atoms with Crippen molar-refractivity contribution in [3.05, 3.63) is 34.9 Å². The van der Waals surface area contributed by atoms with E-state index in [1.54, 1.807) is 6.92 Å².